The second kappa shape index (κ2) is 7.61. The summed E-state index contributed by atoms with van der Waals surface area (Å²) in [6, 6.07) is 7.66. The highest BCUT2D eigenvalue weighted by Crippen LogP contribution is 2.30. The summed E-state index contributed by atoms with van der Waals surface area (Å²) in [5, 5.41) is 3.36. The van der Waals surface area contributed by atoms with Crippen LogP contribution < -0.4 is 10.2 Å². The molecule has 0 amide bonds. The van der Waals surface area contributed by atoms with E-state index >= 15 is 0 Å². The van der Waals surface area contributed by atoms with Gasteiger partial charge in [-0.15, -0.1) is 0 Å². The van der Waals surface area contributed by atoms with Gasteiger partial charge in [-0.2, -0.15) is 0 Å². The largest absolute Gasteiger partial charge is 0.373 e. The maximum Gasteiger partial charge on any atom is 0.0423 e. The van der Waals surface area contributed by atoms with Gasteiger partial charge in [-0.25, -0.2) is 0 Å². The Balaban J connectivity index is 2.17. The van der Waals surface area contributed by atoms with Crippen LogP contribution in [0.15, 0.2) is 22.7 Å². The fourth-order valence-electron chi connectivity index (χ4n) is 3.30. The standard InChI is InChI=1S/C17H28BrN3/c1-5-21-10-6-7-15(21)12-20(4)17-11-14(18)8-9-16(17)13(2)19-3/h8-9,11,13,15,19H,5-7,10,12H2,1-4H3. The molecule has 1 aliphatic rings. The predicted octanol–water partition coefficient (Wildman–Crippen LogP) is 3.65. The number of hydrogen-bond acceptors (Lipinski definition) is 3. The maximum atomic E-state index is 3.62. The van der Waals surface area contributed by atoms with Crippen LogP contribution in [-0.4, -0.2) is 44.7 Å². The third-order valence-corrected chi connectivity index (χ3v) is 5.19. The lowest BCUT2D eigenvalue weighted by Crippen LogP contribution is -2.39. The number of hydrogen-bond donors (Lipinski definition) is 1. The number of likely N-dealkylation sites (N-methyl/N-ethyl adjacent to an activating group) is 2. The lowest BCUT2D eigenvalue weighted by atomic mass is 10.0. The molecule has 118 valence electrons. The molecular formula is C17H28BrN3. The van der Waals surface area contributed by atoms with Crippen molar-refractivity contribution in [3.05, 3.63) is 28.2 Å². The molecule has 1 aromatic carbocycles. The van der Waals surface area contributed by atoms with E-state index < -0.39 is 0 Å². The number of likely N-dealkylation sites (tertiary alicyclic amines) is 1. The van der Waals surface area contributed by atoms with Gasteiger partial charge in [0.1, 0.15) is 0 Å². The van der Waals surface area contributed by atoms with Crippen molar-refractivity contribution in [1.82, 2.24) is 10.2 Å². The molecule has 0 radical (unpaired) electrons. The summed E-state index contributed by atoms with van der Waals surface area (Å²) in [4.78, 5) is 5.03. The molecule has 1 saturated heterocycles. The second-order valence-electron chi connectivity index (χ2n) is 6.02. The zero-order valence-corrected chi connectivity index (χ0v) is 15.3. The summed E-state index contributed by atoms with van der Waals surface area (Å²) in [5.74, 6) is 0. The van der Waals surface area contributed by atoms with Crippen molar-refractivity contribution in [2.75, 3.05) is 38.6 Å². The highest BCUT2D eigenvalue weighted by Gasteiger charge is 2.25. The van der Waals surface area contributed by atoms with Crippen molar-refractivity contribution in [2.45, 2.75) is 38.8 Å². The number of anilines is 1. The number of nitrogens with zero attached hydrogens (tertiary/aromatic N) is 2. The van der Waals surface area contributed by atoms with Crippen molar-refractivity contribution in [3.63, 3.8) is 0 Å². The molecule has 4 heteroatoms. The summed E-state index contributed by atoms with van der Waals surface area (Å²) in [6.07, 6.45) is 2.66. The van der Waals surface area contributed by atoms with Gasteiger partial charge in [0.25, 0.3) is 0 Å². The van der Waals surface area contributed by atoms with Crippen LogP contribution in [0.5, 0.6) is 0 Å². The number of nitrogens with one attached hydrogen (secondary N) is 1. The van der Waals surface area contributed by atoms with Gasteiger partial charge < -0.3 is 10.2 Å². The zero-order chi connectivity index (χ0) is 15.4. The molecule has 0 saturated carbocycles. The Morgan fingerprint density at radius 1 is 1.48 bits per heavy atom. The van der Waals surface area contributed by atoms with E-state index in [-0.39, 0.29) is 0 Å². The molecule has 2 unspecified atom stereocenters. The minimum Gasteiger partial charge on any atom is -0.373 e. The Morgan fingerprint density at radius 2 is 2.24 bits per heavy atom. The molecule has 1 aliphatic heterocycles. The van der Waals surface area contributed by atoms with E-state index in [9.17, 15) is 0 Å². The fourth-order valence-corrected chi connectivity index (χ4v) is 3.65. The summed E-state index contributed by atoms with van der Waals surface area (Å²) >= 11 is 3.62. The van der Waals surface area contributed by atoms with E-state index in [0.29, 0.717) is 12.1 Å². The molecule has 21 heavy (non-hydrogen) atoms. The highest BCUT2D eigenvalue weighted by molar-refractivity contribution is 9.10. The number of halogens is 1. The topological polar surface area (TPSA) is 18.5 Å². The molecule has 3 nitrogen and oxygen atoms in total. The Hall–Kier alpha value is -0.580. The Labute approximate surface area is 137 Å². The van der Waals surface area contributed by atoms with Crippen LogP contribution in [0.3, 0.4) is 0 Å². The van der Waals surface area contributed by atoms with E-state index in [4.69, 9.17) is 0 Å². The van der Waals surface area contributed by atoms with E-state index in [1.165, 1.54) is 30.6 Å². The van der Waals surface area contributed by atoms with E-state index in [0.717, 1.165) is 17.6 Å². The normalized spacial score (nSPS) is 20.7. The Morgan fingerprint density at radius 3 is 2.90 bits per heavy atom. The van der Waals surface area contributed by atoms with E-state index in [1.807, 2.05) is 7.05 Å². The molecule has 0 aliphatic carbocycles. The smallest absolute Gasteiger partial charge is 0.0423 e. The molecule has 0 bridgehead atoms. The van der Waals surface area contributed by atoms with Gasteiger partial charge in [0, 0.05) is 35.8 Å². The maximum absolute atomic E-state index is 3.62. The van der Waals surface area contributed by atoms with Crippen LogP contribution in [0.2, 0.25) is 0 Å². The molecule has 1 N–H and O–H groups in total. The third-order valence-electron chi connectivity index (χ3n) is 4.69. The van der Waals surface area contributed by atoms with Crippen molar-refractivity contribution in [1.29, 1.82) is 0 Å². The van der Waals surface area contributed by atoms with Crippen molar-refractivity contribution in [2.24, 2.45) is 0 Å². The van der Waals surface area contributed by atoms with Gasteiger partial charge in [-0.3, -0.25) is 4.90 Å². The minimum absolute atomic E-state index is 0.362. The Kier molecular flexibility index (Phi) is 6.08. The molecular weight excluding hydrogens is 326 g/mol. The van der Waals surface area contributed by atoms with Gasteiger partial charge in [0.05, 0.1) is 0 Å². The summed E-state index contributed by atoms with van der Waals surface area (Å²) in [6.45, 7) is 8.01. The SMILES string of the molecule is CCN1CCCC1CN(C)c1cc(Br)ccc1C(C)NC. The highest BCUT2D eigenvalue weighted by atomic mass is 79.9. The first kappa shape index (κ1) is 16.8. The van der Waals surface area contributed by atoms with Crippen molar-refractivity contribution < 1.29 is 0 Å². The second-order valence-corrected chi connectivity index (χ2v) is 6.93. The number of benzene rings is 1. The lowest BCUT2D eigenvalue weighted by Gasteiger charge is -2.31. The summed E-state index contributed by atoms with van der Waals surface area (Å²) in [7, 11) is 4.24. The van der Waals surface area contributed by atoms with Gasteiger partial charge in [-0.1, -0.05) is 28.9 Å². The van der Waals surface area contributed by atoms with Gasteiger partial charge >= 0.3 is 0 Å². The van der Waals surface area contributed by atoms with Crippen LogP contribution >= 0.6 is 15.9 Å². The van der Waals surface area contributed by atoms with Crippen molar-refractivity contribution >= 4 is 21.6 Å². The first-order valence-corrected chi connectivity index (χ1v) is 8.78. The fraction of sp³-hybridized carbons (Fsp3) is 0.647. The van der Waals surface area contributed by atoms with Gasteiger partial charge in [0.15, 0.2) is 0 Å². The molecule has 1 fully saturated rings. The first-order chi connectivity index (χ1) is 10.1. The summed E-state index contributed by atoms with van der Waals surface area (Å²) in [5.41, 5.74) is 2.69. The molecule has 2 rings (SSSR count). The average molecular weight is 354 g/mol. The summed E-state index contributed by atoms with van der Waals surface area (Å²) < 4.78 is 1.15. The van der Waals surface area contributed by atoms with Crippen molar-refractivity contribution in [3.8, 4) is 0 Å². The third kappa shape index (κ3) is 3.99. The predicted molar refractivity (Wildman–Crippen MR) is 95.2 cm³/mol. The first-order valence-electron chi connectivity index (χ1n) is 7.98. The van der Waals surface area contributed by atoms with Crippen LogP contribution in [-0.2, 0) is 0 Å². The molecule has 0 spiro atoms. The average Bonchev–Trinajstić information content (AvgIpc) is 2.93. The lowest BCUT2D eigenvalue weighted by molar-refractivity contribution is 0.270. The van der Waals surface area contributed by atoms with Crippen LogP contribution in [0.25, 0.3) is 0 Å². The number of rotatable bonds is 6. The monoisotopic (exact) mass is 353 g/mol. The van der Waals surface area contributed by atoms with E-state index in [2.05, 4.69) is 70.1 Å². The van der Waals surface area contributed by atoms with E-state index in [1.54, 1.807) is 0 Å². The zero-order valence-electron chi connectivity index (χ0n) is 13.7. The molecule has 2 atom stereocenters. The minimum atomic E-state index is 0.362. The Bertz CT molecular complexity index is 463. The molecule has 1 aromatic rings. The van der Waals surface area contributed by atoms with Gasteiger partial charge in [0.2, 0.25) is 0 Å². The molecule has 1 heterocycles. The van der Waals surface area contributed by atoms with Crippen LogP contribution in [0.4, 0.5) is 5.69 Å². The van der Waals surface area contributed by atoms with Crippen LogP contribution in [0, 0.1) is 0 Å². The van der Waals surface area contributed by atoms with Gasteiger partial charge in [-0.05, 0) is 57.6 Å². The van der Waals surface area contributed by atoms with Crippen LogP contribution in [0.1, 0.15) is 38.3 Å². The quantitative estimate of drug-likeness (QED) is 0.841. The molecule has 0 aromatic heterocycles.